The number of rotatable bonds is 5. The van der Waals surface area contributed by atoms with Gasteiger partial charge in [-0.15, -0.1) is 0 Å². The fourth-order valence-corrected chi connectivity index (χ4v) is 2.01. The van der Waals surface area contributed by atoms with Crippen molar-refractivity contribution in [3.8, 4) is 0 Å². The Labute approximate surface area is 107 Å². The summed E-state index contributed by atoms with van der Waals surface area (Å²) in [4.78, 5) is 12.9. The summed E-state index contributed by atoms with van der Waals surface area (Å²) in [7, 11) is 1.83. The molecule has 0 saturated carbocycles. The Morgan fingerprint density at radius 3 is 2.35 bits per heavy atom. The molecule has 94 valence electrons. The maximum atomic E-state index is 11.0. The van der Waals surface area contributed by atoms with E-state index in [0.29, 0.717) is 5.02 Å². The van der Waals surface area contributed by atoms with Crippen LogP contribution in [0.15, 0.2) is 24.3 Å². The van der Waals surface area contributed by atoms with E-state index in [1.54, 1.807) is 6.92 Å². The molecule has 2 atom stereocenters. The molecule has 2 unspecified atom stereocenters. The molecule has 0 aliphatic carbocycles. The third-order valence-corrected chi connectivity index (χ3v) is 3.35. The van der Waals surface area contributed by atoms with Gasteiger partial charge < -0.3 is 5.11 Å². The lowest BCUT2D eigenvalue weighted by atomic mass is 10.0. The molecule has 0 radical (unpaired) electrons. The molecule has 0 aromatic heterocycles. The molecule has 0 aliphatic heterocycles. The van der Waals surface area contributed by atoms with Crippen molar-refractivity contribution in [2.45, 2.75) is 32.4 Å². The highest BCUT2D eigenvalue weighted by molar-refractivity contribution is 6.30. The quantitative estimate of drug-likeness (QED) is 0.878. The molecule has 0 aliphatic rings. The van der Waals surface area contributed by atoms with Crippen molar-refractivity contribution in [3.63, 3.8) is 0 Å². The lowest BCUT2D eigenvalue weighted by Gasteiger charge is -2.30. The fraction of sp³-hybridized carbons (Fsp3) is 0.462. The number of halogens is 1. The number of carbonyl (C=O) groups is 1. The van der Waals surface area contributed by atoms with Gasteiger partial charge in [-0.2, -0.15) is 0 Å². The van der Waals surface area contributed by atoms with Gasteiger partial charge in [0.1, 0.15) is 6.04 Å². The van der Waals surface area contributed by atoms with Gasteiger partial charge in [-0.25, -0.2) is 0 Å². The Morgan fingerprint density at radius 2 is 1.94 bits per heavy atom. The number of benzene rings is 1. The van der Waals surface area contributed by atoms with Crippen LogP contribution in [-0.2, 0) is 4.79 Å². The molecule has 3 nitrogen and oxygen atoms in total. The molecule has 17 heavy (non-hydrogen) atoms. The smallest absolute Gasteiger partial charge is 0.320 e. The summed E-state index contributed by atoms with van der Waals surface area (Å²) in [5, 5.41) is 9.72. The molecule has 1 aromatic rings. The number of aliphatic carboxylic acids is 1. The van der Waals surface area contributed by atoms with Crippen molar-refractivity contribution < 1.29 is 9.90 Å². The Balaban J connectivity index is 2.91. The monoisotopic (exact) mass is 255 g/mol. The van der Waals surface area contributed by atoms with Crippen LogP contribution < -0.4 is 0 Å². The van der Waals surface area contributed by atoms with Crippen molar-refractivity contribution >= 4 is 17.6 Å². The Morgan fingerprint density at radius 1 is 1.41 bits per heavy atom. The zero-order valence-electron chi connectivity index (χ0n) is 10.4. The van der Waals surface area contributed by atoms with E-state index in [-0.39, 0.29) is 6.04 Å². The first-order valence-electron chi connectivity index (χ1n) is 5.67. The summed E-state index contributed by atoms with van der Waals surface area (Å²) in [6, 6.07) is 7.15. The zero-order chi connectivity index (χ0) is 13.0. The highest BCUT2D eigenvalue weighted by Crippen LogP contribution is 2.25. The second-order valence-electron chi connectivity index (χ2n) is 4.16. The topological polar surface area (TPSA) is 40.5 Å². The van der Waals surface area contributed by atoms with Gasteiger partial charge in [-0.1, -0.05) is 30.7 Å². The maximum Gasteiger partial charge on any atom is 0.320 e. The number of likely N-dealkylation sites (N-methyl/N-ethyl adjacent to an activating group) is 1. The first-order chi connectivity index (χ1) is 7.97. The zero-order valence-corrected chi connectivity index (χ0v) is 11.1. The molecule has 0 fully saturated rings. The molecular weight excluding hydrogens is 238 g/mol. The average Bonchev–Trinajstić information content (AvgIpc) is 2.31. The number of hydrogen-bond acceptors (Lipinski definition) is 2. The first kappa shape index (κ1) is 14.0. The molecule has 4 heteroatoms. The van der Waals surface area contributed by atoms with Crippen LogP contribution in [0.2, 0.25) is 5.02 Å². The molecule has 0 bridgehead atoms. The number of hydrogen-bond donors (Lipinski definition) is 1. The molecule has 1 rings (SSSR count). The highest BCUT2D eigenvalue weighted by atomic mass is 35.5. The van der Waals surface area contributed by atoms with Crippen LogP contribution in [-0.4, -0.2) is 29.1 Å². The van der Waals surface area contributed by atoms with Crippen molar-refractivity contribution in [3.05, 3.63) is 34.9 Å². The van der Waals surface area contributed by atoms with Crippen LogP contribution in [0.25, 0.3) is 0 Å². The van der Waals surface area contributed by atoms with Gasteiger partial charge in [-0.3, -0.25) is 9.69 Å². The van der Waals surface area contributed by atoms with Crippen LogP contribution in [0.5, 0.6) is 0 Å². The van der Waals surface area contributed by atoms with Gasteiger partial charge in [-0.05, 0) is 38.1 Å². The van der Waals surface area contributed by atoms with E-state index in [4.69, 9.17) is 16.7 Å². The van der Waals surface area contributed by atoms with Crippen molar-refractivity contribution in [2.75, 3.05) is 7.05 Å². The lowest BCUT2D eigenvalue weighted by Crippen LogP contribution is -2.38. The minimum absolute atomic E-state index is 0.0957. The first-order valence-corrected chi connectivity index (χ1v) is 6.05. The van der Waals surface area contributed by atoms with E-state index < -0.39 is 12.0 Å². The summed E-state index contributed by atoms with van der Waals surface area (Å²) in [6.07, 6.45) is 0.857. The van der Waals surface area contributed by atoms with Crippen molar-refractivity contribution in [2.24, 2.45) is 0 Å². The second-order valence-corrected chi connectivity index (χ2v) is 4.59. The molecule has 0 saturated heterocycles. The summed E-state index contributed by atoms with van der Waals surface area (Å²) >= 11 is 5.84. The van der Waals surface area contributed by atoms with Gasteiger partial charge in [0.05, 0.1) is 0 Å². The van der Waals surface area contributed by atoms with Gasteiger partial charge in [0, 0.05) is 11.1 Å². The van der Waals surface area contributed by atoms with Gasteiger partial charge >= 0.3 is 5.97 Å². The summed E-state index contributed by atoms with van der Waals surface area (Å²) in [6.45, 7) is 3.74. The van der Waals surface area contributed by atoms with Crippen molar-refractivity contribution in [1.29, 1.82) is 0 Å². The molecule has 0 heterocycles. The predicted molar refractivity (Wildman–Crippen MR) is 69.3 cm³/mol. The standard InChI is InChI=1S/C13H18ClNO2/c1-4-12(15(3)9(2)13(16)17)10-5-7-11(14)8-6-10/h5-9,12H,4H2,1-3H3,(H,16,17). The maximum absolute atomic E-state index is 11.0. The molecule has 1 N–H and O–H groups in total. The molecule has 0 spiro atoms. The predicted octanol–water partition coefficient (Wildman–Crippen LogP) is 3.20. The summed E-state index contributed by atoms with van der Waals surface area (Å²) in [5.41, 5.74) is 1.09. The normalized spacial score (nSPS) is 14.6. The highest BCUT2D eigenvalue weighted by Gasteiger charge is 2.24. The Bertz CT molecular complexity index is 378. The van der Waals surface area contributed by atoms with Crippen LogP contribution >= 0.6 is 11.6 Å². The summed E-state index contributed by atoms with van der Waals surface area (Å²) < 4.78 is 0. The number of nitrogens with zero attached hydrogens (tertiary/aromatic N) is 1. The van der Waals surface area contributed by atoms with E-state index in [2.05, 4.69) is 0 Å². The molecule has 0 amide bonds. The van der Waals surface area contributed by atoms with Crippen LogP contribution in [0.4, 0.5) is 0 Å². The average molecular weight is 256 g/mol. The van der Waals surface area contributed by atoms with E-state index >= 15 is 0 Å². The Hall–Kier alpha value is -1.06. The SMILES string of the molecule is CCC(c1ccc(Cl)cc1)N(C)C(C)C(=O)O. The third-order valence-electron chi connectivity index (χ3n) is 3.10. The van der Waals surface area contributed by atoms with Crippen LogP contribution in [0, 0.1) is 0 Å². The number of carboxylic acid groups (broad SMARTS) is 1. The van der Waals surface area contributed by atoms with Crippen LogP contribution in [0.1, 0.15) is 31.9 Å². The van der Waals surface area contributed by atoms with Crippen molar-refractivity contribution in [1.82, 2.24) is 4.90 Å². The van der Waals surface area contributed by atoms with Crippen LogP contribution in [0.3, 0.4) is 0 Å². The van der Waals surface area contributed by atoms with Gasteiger partial charge in [0.15, 0.2) is 0 Å². The second kappa shape index (κ2) is 6.03. The molecular formula is C13H18ClNO2. The van der Waals surface area contributed by atoms with E-state index in [1.807, 2.05) is 43.1 Å². The lowest BCUT2D eigenvalue weighted by molar-refractivity contribution is -0.143. The Kier molecular flexibility index (Phi) is 4.97. The fourth-order valence-electron chi connectivity index (χ4n) is 1.89. The minimum atomic E-state index is -0.806. The molecule has 1 aromatic carbocycles. The minimum Gasteiger partial charge on any atom is -0.480 e. The van der Waals surface area contributed by atoms with Gasteiger partial charge in [0.2, 0.25) is 0 Å². The largest absolute Gasteiger partial charge is 0.480 e. The van der Waals surface area contributed by atoms with E-state index in [0.717, 1.165) is 12.0 Å². The third kappa shape index (κ3) is 3.45. The number of carboxylic acids is 1. The van der Waals surface area contributed by atoms with E-state index in [1.165, 1.54) is 0 Å². The van der Waals surface area contributed by atoms with E-state index in [9.17, 15) is 4.79 Å². The summed E-state index contributed by atoms with van der Waals surface area (Å²) in [5.74, 6) is -0.806. The van der Waals surface area contributed by atoms with Gasteiger partial charge in [0.25, 0.3) is 0 Å².